The summed E-state index contributed by atoms with van der Waals surface area (Å²) in [6, 6.07) is 4.46. The van der Waals surface area contributed by atoms with Crippen LogP contribution in [0.4, 0.5) is 4.79 Å². The SMILES string of the molecule is O=C(NCc1ccc(OCC2CC2)nc1)N(CC1CCCCC1)C1CC1. The molecule has 1 aromatic heterocycles. The van der Waals surface area contributed by atoms with Crippen molar-refractivity contribution in [3.63, 3.8) is 0 Å². The van der Waals surface area contributed by atoms with Crippen molar-refractivity contribution in [2.45, 2.75) is 70.4 Å². The van der Waals surface area contributed by atoms with Gasteiger partial charge in [0.2, 0.25) is 5.88 Å². The second-order valence-electron chi connectivity index (χ2n) is 8.31. The number of nitrogens with one attached hydrogen (secondary N) is 1. The van der Waals surface area contributed by atoms with Crippen molar-refractivity contribution >= 4 is 6.03 Å². The lowest BCUT2D eigenvalue weighted by Crippen LogP contribution is -2.43. The van der Waals surface area contributed by atoms with Gasteiger partial charge in [-0.15, -0.1) is 0 Å². The Morgan fingerprint density at radius 3 is 2.54 bits per heavy atom. The van der Waals surface area contributed by atoms with Crippen LogP contribution in [-0.2, 0) is 6.54 Å². The van der Waals surface area contributed by atoms with E-state index >= 15 is 0 Å². The fraction of sp³-hybridized carbons (Fsp3) is 0.714. The van der Waals surface area contributed by atoms with Gasteiger partial charge >= 0.3 is 6.03 Å². The normalized spacial score (nSPS) is 20.6. The van der Waals surface area contributed by atoms with E-state index in [1.807, 2.05) is 18.3 Å². The first kappa shape index (κ1) is 17.6. The van der Waals surface area contributed by atoms with E-state index in [9.17, 15) is 4.79 Å². The molecule has 0 radical (unpaired) electrons. The summed E-state index contributed by atoms with van der Waals surface area (Å²) in [4.78, 5) is 19.1. The Bertz CT molecular complexity index is 590. The van der Waals surface area contributed by atoms with Crippen LogP contribution in [0.15, 0.2) is 18.3 Å². The number of ether oxygens (including phenoxy) is 1. The minimum absolute atomic E-state index is 0.0899. The van der Waals surface area contributed by atoms with E-state index in [0.29, 0.717) is 24.4 Å². The van der Waals surface area contributed by atoms with Gasteiger partial charge in [-0.3, -0.25) is 0 Å². The maximum absolute atomic E-state index is 12.7. The number of hydrogen-bond donors (Lipinski definition) is 1. The Kier molecular flexibility index (Phi) is 5.61. The predicted molar refractivity (Wildman–Crippen MR) is 101 cm³/mol. The van der Waals surface area contributed by atoms with Crippen molar-refractivity contribution in [2.24, 2.45) is 11.8 Å². The molecule has 1 N–H and O–H groups in total. The Labute approximate surface area is 156 Å². The van der Waals surface area contributed by atoms with Gasteiger partial charge in [-0.2, -0.15) is 0 Å². The lowest BCUT2D eigenvalue weighted by molar-refractivity contribution is 0.174. The van der Waals surface area contributed by atoms with Crippen molar-refractivity contribution in [3.05, 3.63) is 23.9 Å². The average Bonchev–Trinajstić information content (AvgIpc) is 3.58. The summed E-state index contributed by atoms with van der Waals surface area (Å²) in [7, 11) is 0. The third-order valence-corrected chi connectivity index (χ3v) is 5.83. The number of urea groups is 1. The Morgan fingerprint density at radius 2 is 1.88 bits per heavy atom. The number of nitrogens with zero attached hydrogens (tertiary/aromatic N) is 2. The number of carbonyl (C=O) groups excluding carboxylic acids is 1. The number of amides is 2. The maximum atomic E-state index is 12.7. The number of hydrogen-bond acceptors (Lipinski definition) is 3. The standard InChI is InChI=1S/C21H31N3O2/c25-21(24(19-9-10-19)14-16-4-2-1-3-5-16)23-13-18-8-11-20(22-12-18)26-15-17-6-7-17/h8,11-12,16-17,19H,1-7,9-10,13-15H2,(H,23,25). The second-order valence-corrected chi connectivity index (χ2v) is 8.31. The van der Waals surface area contributed by atoms with Crippen LogP contribution < -0.4 is 10.1 Å². The highest BCUT2D eigenvalue weighted by atomic mass is 16.5. The van der Waals surface area contributed by atoms with Crippen LogP contribution in [0.1, 0.15) is 63.4 Å². The molecule has 142 valence electrons. The zero-order chi connectivity index (χ0) is 17.8. The largest absolute Gasteiger partial charge is 0.477 e. The molecule has 0 aliphatic heterocycles. The van der Waals surface area contributed by atoms with Crippen LogP contribution >= 0.6 is 0 Å². The molecule has 0 unspecified atom stereocenters. The summed E-state index contributed by atoms with van der Waals surface area (Å²) in [6.45, 7) is 2.24. The molecule has 0 saturated heterocycles. The van der Waals surface area contributed by atoms with Crippen LogP contribution in [0.3, 0.4) is 0 Å². The van der Waals surface area contributed by atoms with E-state index < -0.39 is 0 Å². The second kappa shape index (κ2) is 8.28. The van der Waals surface area contributed by atoms with Gasteiger partial charge < -0.3 is 15.0 Å². The van der Waals surface area contributed by atoms with Crippen LogP contribution in [-0.4, -0.2) is 35.1 Å². The Morgan fingerprint density at radius 1 is 1.08 bits per heavy atom. The van der Waals surface area contributed by atoms with Crippen LogP contribution in [0, 0.1) is 11.8 Å². The molecule has 0 spiro atoms. The van der Waals surface area contributed by atoms with E-state index in [-0.39, 0.29) is 6.03 Å². The first-order valence-corrected chi connectivity index (χ1v) is 10.4. The average molecular weight is 357 g/mol. The Hall–Kier alpha value is -1.78. The smallest absolute Gasteiger partial charge is 0.317 e. The summed E-state index contributed by atoms with van der Waals surface area (Å²) in [6.07, 6.45) is 13.3. The van der Waals surface area contributed by atoms with Gasteiger partial charge in [0.05, 0.1) is 6.61 Å². The molecule has 2 amide bonds. The number of pyridine rings is 1. The van der Waals surface area contributed by atoms with E-state index in [0.717, 1.165) is 37.5 Å². The van der Waals surface area contributed by atoms with Crippen LogP contribution in [0.5, 0.6) is 5.88 Å². The molecule has 5 nitrogen and oxygen atoms in total. The molecule has 1 heterocycles. The summed E-state index contributed by atoms with van der Waals surface area (Å²) < 4.78 is 5.67. The van der Waals surface area contributed by atoms with Gasteiger partial charge in [-0.25, -0.2) is 9.78 Å². The van der Waals surface area contributed by atoms with Crippen LogP contribution in [0.25, 0.3) is 0 Å². The van der Waals surface area contributed by atoms with Crippen molar-refractivity contribution in [1.29, 1.82) is 0 Å². The zero-order valence-corrected chi connectivity index (χ0v) is 15.7. The molecule has 5 heteroatoms. The number of aromatic nitrogens is 1. The van der Waals surface area contributed by atoms with Gasteiger partial charge in [0.25, 0.3) is 0 Å². The molecule has 26 heavy (non-hydrogen) atoms. The van der Waals surface area contributed by atoms with Gasteiger partial charge in [0.15, 0.2) is 0 Å². The highest BCUT2D eigenvalue weighted by Gasteiger charge is 2.34. The number of carbonyl (C=O) groups is 1. The molecule has 4 rings (SSSR count). The van der Waals surface area contributed by atoms with Crippen molar-refractivity contribution in [1.82, 2.24) is 15.2 Å². The van der Waals surface area contributed by atoms with Gasteiger partial charge in [0.1, 0.15) is 0 Å². The lowest BCUT2D eigenvalue weighted by atomic mass is 9.89. The van der Waals surface area contributed by atoms with Gasteiger partial charge in [0, 0.05) is 31.4 Å². The summed E-state index contributed by atoms with van der Waals surface area (Å²) in [5.41, 5.74) is 1.02. The first-order chi connectivity index (χ1) is 12.8. The molecular weight excluding hydrogens is 326 g/mol. The van der Waals surface area contributed by atoms with Crippen LogP contribution in [0.2, 0.25) is 0 Å². The third-order valence-electron chi connectivity index (χ3n) is 5.83. The minimum Gasteiger partial charge on any atom is -0.477 e. The molecule has 3 fully saturated rings. The molecule has 3 saturated carbocycles. The molecule has 0 bridgehead atoms. The van der Waals surface area contributed by atoms with Crippen molar-refractivity contribution in [2.75, 3.05) is 13.2 Å². The topological polar surface area (TPSA) is 54.5 Å². The minimum atomic E-state index is 0.0899. The molecule has 0 atom stereocenters. The maximum Gasteiger partial charge on any atom is 0.317 e. The quantitative estimate of drug-likeness (QED) is 0.761. The van der Waals surface area contributed by atoms with E-state index in [2.05, 4.69) is 15.2 Å². The van der Waals surface area contributed by atoms with Crippen molar-refractivity contribution < 1.29 is 9.53 Å². The zero-order valence-electron chi connectivity index (χ0n) is 15.7. The summed E-state index contributed by atoms with van der Waals surface area (Å²) >= 11 is 0. The Balaban J connectivity index is 1.24. The molecule has 3 aliphatic rings. The molecular formula is C21H31N3O2. The lowest BCUT2D eigenvalue weighted by Gasteiger charge is -2.30. The van der Waals surface area contributed by atoms with Gasteiger partial charge in [-0.1, -0.05) is 25.3 Å². The monoisotopic (exact) mass is 357 g/mol. The molecule has 3 aliphatic carbocycles. The predicted octanol–water partition coefficient (Wildman–Crippen LogP) is 4.12. The summed E-state index contributed by atoms with van der Waals surface area (Å²) in [5, 5.41) is 3.10. The van der Waals surface area contributed by atoms with E-state index in [4.69, 9.17) is 4.74 Å². The summed E-state index contributed by atoms with van der Waals surface area (Å²) in [5.74, 6) is 2.11. The fourth-order valence-corrected chi connectivity index (χ4v) is 3.80. The number of rotatable bonds is 8. The first-order valence-electron chi connectivity index (χ1n) is 10.4. The van der Waals surface area contributed by atoms with E-state index in [1.54, 1.807) is 0 Å². The van der Waals surface area contributed by atoms with Gasteiger partial charge in [-0.05, 0) is 55.9 Å². The molecule has 1 aromatic rings. The highest BCUT2D eigenvalue weighted by Crippen LogP contribution is 2.31. The van der Waals surface area contributed by atoms with Crippen molar-refractivity contribution in [3.8, 4) is 5.88 Å². The van der Waals surface area contributed by atoms with E-state index in [1.165, 1.54) is 44.9 Å². The fourth-order valence-electron chi connectivity index (χ4n) is 3.80. The highest BCUT2D eigenvalue weighted by molar-refractivity contribution is 5.75. The third kappa shape index (κ3) is 5.12. The molecule has 0 aromatic carbocycles.